The van der Waals surface area contributed by atoms with Crippen molar-refractivity contribution in [2.75, 3.05) is 54.1 Å². The van der Waals surface area contributed by atoms with Gasteiger partial charge in [-0.05, 0) is 37.5 Å². The van der Waals surface area contributed by atoms with Crippen molar-refractivity contribution < 1.29 is 14.3 Å². The highest BCUT2D eigenvalue weighted by molar-refractivity contribution is 14.0. The average molecular weight is 468 g/mol. The van der Waals surface area contributed by atoms with Gasteiger partial charge in [0.05, 0.1) is 6.10 Å². The molecule has 1 aliphatic heterocycles. The second-order valence-electron chi connectivity index (χ2n) is 7.07. The molecule has 0 aromatic rings. The van der Waals surface area contributed by atoms with Gasteiger partial charge in [-0.3, -0.25) is 4.79 Å². The van der Waals surface area contributed by atoms with E-state index in [0.29, 0.717) is 11.4 Å². The number of nitrogens with one attached hydrogen (secondary N) is 2. The highest BCUT2D eigenvalue weighted by Gasteiger charge is 2.41. The van der Waals surface area contributed by atoms with E-state index in [1.54, 1.807) is 26.1 Å². The van der Waals surface area contributed by atoms with Gasteiger partial charge in [0, 0.05) is 47.5 Å². The van der Waals surface area contributed by atoms with Gasteiger partial charge in [-0.15, -0.1) is 24.0 Å². The number of hydrogen-bond donors (Lipinski definition) is 2. The molecular formula is C17H33IN4O3. The molecule has 146 valence electrons. The lowest BCUT2D eigenvalue weighted by molar-refractivity contribution is -0.127. The quantitative estimate of drug-likeness (QED) is 0.303. The molecule has 1 atom stereocenters. The number of carbonyl (C=O) groups excluding carboxylic acids is 1. The number of methoxy groups -OCH3 is 1. The second kappa shape index (κ2) is 11.2. The van der Waals surface area contributed by atoms with Crippen molar-refractivity contribution in [3.63, 3.8) is 0 Å². The van der Waals surface area contributed by atoms with E-state index in [2.05, 4.69) is 15.6 Å². The largest absolute Gasteiger partial charge is 0.385 e. The molecule has 2 rings (SSSR count). The summed E-state index contributed by atoms with van der Waals surface area (Å²) in [6.07, 6.45) is 5.94. The number of rotatable bonds is 9. The lowest BCUT2D eigenvalue weighted by atomic mass is 10.0. The summed E-state index contributed by atoms with van der Waals surface area (Å²) in [5.74, 6) is 0.693. The highest BCUT2D eigenvalue weighted by atomic mass is 127. The van der Waals surface area contributed by atoms with Gasteiger partial charge >= 0.3 is 0 Å². The number of likely N-dealkylation sites (N-methyl/N-ethyl adjacent to an activating group) is 1. The van der Waals surface area contributed by atoms with Gasteiger partial charge in [0.2, 0.25) is 5.91 Å². The molecule has 0 aromatic heterocycles. The summed E-state index contributed by atoms with van der Waals surface area (Å²) in [6.45, 7) is 3.37. The Balaban J connectivity index is 0.00000312. The smallest absolute Gasteiger partial charge is 0.243 e. The molecule has 0 spiro atoms. The Morgan fingerprint density at radius 2 is 2.12 bits per heavy atom. The van der Waals surface area contributed by atoms with Crippen LogP contribution in [0.15, 0.2) is 4.99 Å². The summed E-state index contributed by atoms with van der Waals surface area (Å²) in [6, 6.07) is 0. The van der Waals surface area contributed by atoms with Gasteiger partial charge in [0.1, 0.15) is 6.54 Å². The van der Waals surface area contributed by atoms with Crippen LogP contribution < -0.4 is 10.6 Å². The molecule has 0 radical (unpaired) electrons. The Morgan fingerprint density at radius 3 is 2.68 bits per heavy atom. The van der Waals surface area contributed by atoms with E-state index in [-0.39, 0.29) is 42.5 Å². The zero-order valence-corrected chi connectivity index (χ0v) is 18.0. The molecular weight excluding hydrogens is 435 g/mol. The summed E-state index contributed by atoms with van der Waals surface area (Å²) in [4.78, 5) is 17.8. The van der Waals surface area contributed by atoms with Gasteiger partial charge in [0.25, 0.3) is 0 Å². The molecule has 1 saturated heterocycles. The highest BCUT2D eigenvalue weighted by Crippen LogP contribution is 2.48. The predicted octanol–water partition coefficient (Wildman–Crippen LogP) is 1.22. The van der Waals surface area contributed by atoms with Crippen LogP contribution in [0.2, 0.25) is 0 Å². The lowest BCUT2D eigenvalue weighted by Gasteiger charge is -2.20. The van der Waals surface area contributed by atoms with Crippen LogP contribution in [0.3, 0.4) is 0 Å². The summed E-state index contributed by atoms with van der Waals surface area (Å²) in [7, 11) is 5.23. The van der Waals surface area contributed by atoms with Crippen molar-refractivity contribution in [1.29, 1.82) is 0 Å². The van der Waals surface area contributed by atoms with Crippen LogP contribution in [0.25, 0.3) is 0 Å². The number of hydrogen-bond acceptors (Lipinski definition) is 4. The van der Waals surface area contributed by atoms with Crippen molar-refractivity contribution in [2.45, 2.75) is 38.2 Å². The van der Waals surface area contributed by atoms with Crippen LogP contribution in [-0.2, 0) is 14.3 Å². The lowest BCUT2D eigenvalue weighted by Crippen LogP contribution is -2.44. The minimum Gasteiger partial charge on any atom is -0.385 e. The number of halogens is 1. The second-order valence-corrected chi connectivity index (χ2v) is 7.07. The molecule has 7 nitrogen and oxygen atoms in total. The summed E-state index contributed by atoms with van der Waals surface area (Å²) in [5, 5.41) is 6.73. The van der Waals surface area contributed by atoms with Crippen LogP contribution >= 0.6 is 24.0 Å². The minimum atomic E-state index is -0.00580. The van der Waals surface area contributed by atoms with Crippen LogP contribution in [0, 0.1) is 5.41 Å². The number of carbonyl (C=O) groups is 1. The number of nitrogens with zero attached hydrogens (tertiary/aromatic N) is 2. The van der Waals surface area contributed by atoms with E-state index < -0.39 is 0 Å². The van der Waals surface area contributed by atoms with E-state index in [1.807, 2.05) is 0 Å². The minimum absolute atomic E-state index is 0. The van der Waals surface area contributed by atoms with Crippen molar-refractivity contribution in [1.82, 2.24) is 15.5 Å². The molecule has 1 unspecified atom stereocenters. The molecule has 25 heavy (non-hydrogen) atoms. The van der Waals surface area contributed by atoms with E-state index >= 15 is 0 Å². The van der Waals surface area contributed by atoms with Gasteiger partial charge in [-0.25, -0.2) is 4.99 Å². The normalized spacial score (nSPS) is 21.4. The molecule has 1 saturated carbocycles. The van der Waals surface area contributed by atoms with Crippen LogP contribution in [-0.4, -0.2) is 76.9 Å². The fourth-order valence-corrected chi connectivity index (χ4v) is 2.76. The zero-order valence-electron chi connectivity index (χ0n) is 15.7. The van der Waals surface area contributed by atoms with Crippen LogP contribution in [0.5, 0.6) is 0 Å². The summed E-state index contributed by atoms with van der Waals surface area (Å²) in [5.41, 5.74) is 0.327. The monoisotopic (exact) mass is 468 g/mol. The number of amides is 1. The predicted molar refractivity (Wildman–Crippen MR) is 110 cm³/mol. The Hall–Kier alpha value is -0.610. The fraction of sp³-hybridized carbons (Fsp3) is 0.882. The maximum Gasteiger partial charge on any atom is 0.243 e. The first-order chi connectivity index (χ1) is 11.5. The van der Waals surface area contributed by atoms with E-state index in [1.165, 1.54) is 12.8 Å². The van der Waals surface area contributed by atoms with E-state index in [9.17, 15) is 4.79 Å². The van der Waals surface area contributed by atoms with Gasteiger partial charge < -0.3 is 25.0 Å². The first-order valence-corrected chi connectivity index (χ1v) is 8.87. The molecule has 1 amide bonds. The molecule has 0 aromatic carbocycles. The molecule has 8 heteroatoms. The van der Waals surface area contributed by atoms with Crippen molar-refractivity contribution in [2.24, 2.45) is 10.4 Å². The van der Waals surface area contributed by atoms with Gasteiger partial charge in [-0.2, -0.15) is 0 Å². The van der Waals surface area contributed by atoms with Gasteiger partial charge in [-0.1, -0.05) is 0 Å². The molecule has 0 bridgehead atoms. The summed E-state index contributed by atoms with van der Waals surface area (Å²) >= 11 is 0. The third-order valence-electron chi connectivity index (χ3n) is 4.82. The maximum absolute atomic E-state index is 11.8. The topological polar surface area (TPSA) is 75.2 Å². The van der Waals surface area contributed by atoms with Crippen molar-refractivity contribution in [3.05, 3.63) is 0 Å². The molecule has 1 aliphatic carbocycles. The zero-order chi connectivity index (χ0) is 17.4. The van der Waals surface area contributed by atoms with Gasteiger partial charge in [0.15, 0.2) is 5.96 Å². The standard InChI is InChI=1S/C17H32N4O3.HI/c1-21(2)15(22)12-19-16(18-11-14-5-4-9-24-14)20-13-17(6-7-17)8-10-23-3;/h14H,4-13H2,1-3H3,(H2,18,19,20);1H. The van der Waals surface area contributed by atoms with Crippen LogP contribution in [0.1, 0.15) is 32.1 Å². The first kappa shape index (κ1) is 22.4. The van der Waals surface area contributed by atoms with E-state index in [4.69, 9.17) is 9.47 Å². The third kappa shape index (κ3) is 8.08. The fourth-order valence-electron chi connectivity index (χ4n) is 2.76. The Morgan fingerprint density at radius 1 is 1.36 bits per heavy atom. The Bertz CT molecular complexity index is 436. The SMILES string of the molecule is COCCC1(CNC(=NCC(=O)N(C)C)NCC2CCCO2)CC1.I. The van der Waals surface area contributed by atoms with E-state index in [0.717, 1.165) is 45.6 Å². The van der Waals surface area contributed by atoms with Crippen LogP contribution in [0.4, 0.5) is 0 Å². The Kier molecular flexibility index (Phi) is 10.0. The average Bonchev–Trinajstić information content (AvgIpc) is 3.14. The summed E-state index contributed by atoms with van der Waals surface area (Å²) < 4.78 is 10.8. The Labute approximate surface area is 168 Å². The third-order valence-corrected chi connectivity index (χ3v) is 4.82. The maximum atomic E-state index is 11.8. The number of guanidine groups is 1. The van der Waals surface area contributed by atoms with Crippen molar-refractivity contribution in [3.8, 4) is 0 Å². The molecule has 2 fully saturated rings. The number of ether oxygens (including phenoxy) is 2. The number of aliphatic imine (C=N–C) groups is 1. The molecule has 2 N–H and O–H groups in total. The van der Waals surface area contributed by atoms with Crippen molar-refractivity contribution >= 4 is 35.8 Å². The molecule has 1 heterocycles. The molecule has 2 aliphatic rings. The first-order valence-electron chi connectivity index (χ1n) is 8.87.